The van der Waals surface area contributed by atoms with E-state index < -0.39 is 11.7 Å². The summed E-state index contributed by atoms with van der Waals surface area (Å²) in [6.45, 7) is 9.52. The lowest BCUT2D eigenvalue weighted by atomic mass is 9.76. The van der Waals surface area contributed by atoms with E-state index in [-0.39, 0.29) is 11.0 Å². The van der Waals surface area contributed by atoms with Gasteiger partial charge in [0.25, 0.3) is 0 Å². The van der Waals surface area contributed by atoms with Crippen molar-refractivity contribution in [3.63, 3.8) is 0 Å². The van der Waals surface area contributed by atoms with Crippen LogP contribution in [-0.2, 0) is 5.41 Å². The van der Waals surface area contributed by atoms with Gasteiger partial charge in [-0.25, -0.2) is 4.79 Å². The van der Waals surface area contributed by atoms with Gasteiger partial charge in [0.15, 0.2) is 0 Å². The molecular formula is C24H27NO3. The van der Waals surface area contributed by atoms with Gasteiger partial charge in [-0.1, -0.05) is 43.2 Å². The summed E-state index contributed by atoms with van der Waals surface area (Å²) in [5, 5.41) is 9.70. The molecule has 2 aromatic rings. The highest BCUT2D eigenvalue weighted by molar-refractivity contribution is 5.93. The number of anilines is 1. The van der Waals surface area contributed by atoms with Gasteiger partial charge < -0.3 is 14.7 Å². The number of carboxylic acid groups (broad SMARTS) is 1. The number of carbonyl (C=O) groups is 1. The standard InChI is InChI=1S/C24H27NO3/c1-5-6-14-25-20-11-10-16(2)15-19(20)23(3,4)24(25)13-12-17-8-7-9-18(22(26)27)21(17)28-24/h7-13,15H,5-6,14H2,1-4H3,(H,26,27). The maximum atomic E-state index is 11.8. The van der Waals surface area contributed by atoms with Gasteiger partial charge in [0.1, 0.15) is 11.3 Å². The predicted octanol–water partition coefficient (Wildman–Crippen LogP) is 5.39. The first kappa shape index (κ1) is 18.6. The van der Waals surface area contributed by atoms with Crippen LogP contribution >= 0.6 is 0 Å². The maximum Gasteiger partial charge on any atom is 0.339 e. The first-order valence-electron chi connectivity index (χ1n) is 9.95. The second kappa shape index (κ2) is 6.40. The Balaban J connectivity index is 1.92. The van der Waals surface area contributed by atoms with Crippen molar-refractivity contribution < 1.29 is 14.6 Å². The van der Waals surface area contributed by atoms with Crippen molar-refractivity contribution in [2.75, 3.05) is 11.4 Å². The average Bonchev–Trinajstić information content (AvgIpc) is 2.83. The Morgan fingerprint density at radius 3 is 2.71 bits per heavy atom. The van der Waals surface area contributed by atoms with E-state index in [1.807, 2.05) is 12.1 Å². The summed E-state index contributed by atoms with van der Waals surface area (Å²) in [7, 11) is 0. The normalized spacial score (nSPS) is 21.4. The Labute approximate surface area is 166 Å². The Kier molecular flexibility index (Phi) is 4.25. The number of hydrogen-bond acceptors (Lipinski definition) is 3. The molecule has 0 aromatic heterocycles. The predicted molar refractivity (Wildman–Crippen MR) is 112 cm³/mol. The molecule has 2 heterocycles. The molecule has 1 unspecified atom stereocenters. The third kappa shape index (κ3) is 2.47. The molecule has 0 fully saturated rings. The van der Waals surface area contributed by atoms with Crippen LogP contribution in [0.5, 0.6) is 5.75 Å². The van der Waals surface area contributed by atoms with Gasteiger partial charge in [0.2, 0.25) is 5.72 Å². The van der Waals surface area contributed by atoms with Crippen LogP contribution in [0.1, 0.15) is 60.7 Å². The zero-order valence-corrected chi connectivity index (χ0v) is 17.0. The van der Waals surface area contributed by atoms with Crippen molar-refractivity contribution in [1.29, 1.82) is 0 Å². The van der Waals surface area contributed by atoms with Crippen LogP contribution < -0.4 is 9.64 Å². The van der Waals surface area contributed by atoms with Crippen LogP contribution in [-0.4, -0.2) is 23.3 Å². The Hall–Kier alpha value is -2.75. The molecule has 0 saturated carbocycles. The van der Waals surface area contributed by atoms with Gasteiger partial charge in [0.05, 0.1) is 5.41 Å². The van der Waals surface area contributed by atoms with E-state index >= 15 is 0 Å². The molecule has 1 atom stereocenters. The van der Waals surface area contributed by atoms with Gasteiger partial charge >= 0.3 is 5.97 Å². The summed E-state index contributed by atoms with van der Waals surface area (Å²) in [5.74, 6) is -0.511. The third-order valence-corrected chi connectivity index (χ3v) is 6.17. The second-order valence-electron chi connectivity index (χ2n) is 8.31. The molecule has 0 aliphatic carbocycles. The number of fused-ring (bicyclic) bond motifs is 2. The van der Waals surface area contributed by atoms with Gasteiger partial charge in [-0.2, -0.15) is 0 Å². The Bertz CT molecular complexity index is 976. The topological polar surface area (TPSA) is 49.8 Å². The molecule has 0 bridgehead atoms. The number of unbranched alkanes of at least 4 members (excludes halogenated alkanes) is 1. The van der Waals surface area contributed by atoms with Crippen LogP contribution in [0.15, 0.2) is 42.5 Å². The van der Waals surface area contributed by atoms with Crippen molar-refractivity contribution in [3.05, 3.63) is 64.7 Å². The smallest absolute Gasteiger partial charge is 0.339 e. The van der Waals surface area contributed by atoms with Crippen molar-refractivity contribution in [2.24, 2.45) is 0 Å². The van der Waals surface area contributed by atoms with E-state index in [2.05, 4.69) is 56.9 Å². The van der Waals surface area contributed by atoms with Gasteiger partial charge in [-0.3, -0.25) is 0 Å². The van der Waals surface area contributed by atoms with Gasteiger partial charge in [-0.15, -0.1) is 0 Å². The zero-order chi connectivity index (χ0) is 20.1. The number of aryl methyl sites for hydroxylation is 1. The first-order valence-corrected chi connectivity index (χ1v) is 9.95. The molecule has 2 aliphatic rings. The minimum atomic E-state index is -0.966. The molecule has 2 aromatic carbocycles. The van der Waals surface area contributed by atoms with Gasteiger partial charge in [0, 0.05) is 17.8 Å². The van der Waals surface area contributed by atoms with E-state index in [9.17, 15) is 9.90 Å². The number of benzene rings is 2. The number of para-hydroxylation sites is 1. The van der Waals surface area contributed by atoms with Crippen LogP contribution in [0.25, 0.3) is 6.08 Å². The fraction of sp³-hybridized carbons (Fsp3) is 0.375. The molecule has 2 aliphatic heterocycles. The Morgan fingerprint density at radius 2 is 2.00 bits per heavy atom. The van der Waals surface area contributed by atoms with Crippen LogP contribution in [0.3, 0.4) is 0 Å². The average molecular weight is 377 g/mol. The molecule has 4 heteroatoms. The molecular weight excluding hydrogens is 350 g/mol. The minimum absolute atomic E-state index is 0.208. The molecule has 0 saturated heterocycles. The summed E-state index contributed by atoms with van der Waals surface area (Å²) < 4.78 is 6.68. The Morgan fingerprint density at radius 1 is 1.21 bits per heavy atom. The summed E-state index contributed by atoms with van der Waals surface area (Å²) in [4.78, 5) is 14.2. The van der Waals surface area contributed by atoms with E-state index in [0.717, 1.165) is 24.9 Å². The summed E-state index contributed by atoms with van der Waals surface area (Å²) in [5.41, 5.74) is 3.54. The largest absolute Gasteiger partial charge is 0.478 e. The second-order valence-corrected chi connectivity index (χ2v) is 8.31. The number of hydrogen-bond donors (Lipinski definition) is 1. The van der Waals surface area contributed by atoms with Crippen molar-refractivity contribution in [2.45, 2.75) is 51.7 Å². The lowest BCUT2D eigenvalue weighted by molar-refractivity contribution is 0.0489. The lowest BCUT2D eigenvalue weighted by Crippen LogP contribution is -2.59. The number of nitrogens with zero attached hydrogens (tertiary/aromatic N) is 1. The van der Waals surface area contributed by atoms with E-state index in [1.165, 1.54) is 16.8 Å². The molecule has 4 nitrogen and oxygen atoms in total. The van der Waals surface area contributed by atoms with Crippen molar-refractivity contribution in [1.82, 2.24) is 0 Å². The first-order chi connectivity index (χ1) is 13.3. The van der Waals surface area contributed by atoms with E-state index in [0.29, 0.717) is 5.75 Å². The molecule has 4 rings (SSSR count). The molecule has 0 amide bonds. The minimum Gasteiger partial charge on any atom is -0.478 e. The highest BCUT2D eigenvalue weighted by Crippen LogP contribution is 2.55. The summed E-state index contributed by atoms with van der Waals surface area (Å²) >= 11 is 0. The number of carboxylic acids is 1. The number of aromatic carboxylic acids is 1. The van der Waals surface area contributed by atoms with Gasteiger partial charge in [-0.05, 0) is 57.0 Å². The van der Waals surface area contributed by atoms with Crippen molar-refractivity contribution >= 4 is 17.7 Å². The van der Waals surface area contributed by atoms with Crippen LogP contribution in [0.2, 0.25) is 0 Å². The lowest BCUT2D eigenvalue weighted by Gasteiger charge is -2.47. The molecule has 1 N–H and O–H groups in total. The molecule has 146 valence electrons. The van der Waals surface area contributed by atoms with E-state index in [4.69, 9.17) is 4.74 Å². The van der Waals surface area contributed by atoms with E-state index in [1.54, 1.807) is 12.1 Å². The zero-order valence-electron chi connectivity index (χ0n) is 17.0. The highest BCUT2D eigenvalue weighted by atomic mass is 16.5. The highest BCUT2D eigenvalue weighted by Gasteiger charge is 2.58. The SMILES string of the molecule is CCCCN1c2ccc(C)cc2C(C)(C)C12C=Cc1cccc(C(=O)O)c1O2. The van der Waals surface area contributed by atoms with Crippen LogP contribution in [0, 0.1) is 6.92 Å². The van der Waals surface area contributed by atoms with Crippen LogP contribution in [0.4, 0.5) is 5.69 Å². The third-order valence-electron chi connectivity index (χ3n) is 6.17. The summed E-state index contributed by atoms with van der Waals surface area (Å²) in [6, 6.07) is 11.8. The monoisotopic (exact) mass is 377 g/mol. The summed E-state index contributed by atoms with van der Waals surface area (Å²) in [6.07, 6.45) is 6.25. The fourth-order valence-corrected chi connectivity index (χ4v) is 4.54. The number of rotatable bonds is 4. The van der Waals surface area contributed by atoms with Crippen molar-refractivity contribution in [3.8, 4) is 5.75 Å². The quantitative estimate of drug-likeness (QED) is 0.776. The molecule has 0 radical (unpaired) electrons. The number of ether oxygens (including phenoxy) is 1. The maximum absolute atomic E-state index is 11.8. The molecule has 28 heavy (non-hydrogen) atoms. The fourth-order valence-electron chi connectivity index (χ4n) is 4.54. The molecule has 1 spiro atoms.